The second-order valence-corrected chi connectivity index (χ2v) is 7.35. The summed E-state index contributed by atoms with van der Waals surface area (Å²) in [6.45, 7) is 0.493. The highest BCUT2D eigenvalue weighted by Crippen LogP contribution is 2.46. The Morgan fingerprint density at radius 3 is 2.67 bits per heavy atom. The van der Waals surface area contributed by atoms with Gasteiger partial charge in [0.2, 0.25) is 11.8 Å². The van der Waals surface area contributed by atoms with E-state index in [-0.39, 0.29) is 11.8 Å². The number of rotatable bonds is 6. The number of aromatic amines is 1. The first kappa shape index (κ1) is 17.6. The molecule has 6 heteroatoms. The maximum absolute atomic E-state index is 12.6. The number of carbonyl (C=O) groups excluding carboxylic acids is 2. The highest BCUT2D eigenvalue weighted by atomic mass is 35.5. The normalized spacial score (nSPS) is 14.7. The quantitative estimate of drug-likeness (QED) is 0.566. The molecule has 1 aromatic heterocycles. The van der Waals surface area contributed by atoms with E-state index >= 15 is 0 Å². The number of hydrogen-bond acceptors (Lipinski definition) is 2. The van der Waals surface area contributed by atoms with Crippen molar-refractivity contribution in [2.45, 2.75) is 19.3 Å². The molecule has 0 radical (unpaired) electrons. The lowest BCUT2D eigenvalue weighted by Gasteiger charge is -2.15. The van der Waals surface area contributed by atoms with Gasteiger partial charge in [0.25, 0.3) is 0 Å². The molecule has 0 bridgehead atoms. The van der Waals surface area contributed by atoms with Crippen molar-refractivity contribution in [1.82, 2.24) is 10.3 Å². The molecule has 1 aliphatic rings. The Balaban J connectivity index is 1.35. The molecule has 4 rings (SSSR count). The molecule has 0 unspecified atom stereocenters. The van der Waals surface area contributed by atoms with Gasteiger partial charge in [-0.05, 0) is 49.1 Å². The molecule has 1 aliphatic carbocycles. The van der Waals surface area contributed by atoms with Gasteiger partial charge in [-0.3, -0.25) is 9.59 Å². The molecule has 0 spiro atoms. The van der Waals surface area contributed by atoms with Crippen LogP contribution in [0.3, 0.4) is 0 Å². The topological polar surface area (TPSA) is 74.0 Å². The Morgan fingerprint density at radius 2 is 1.89 bits per heavy atom. The number of benzene rings is 2. The van der Waals surface area contributed by atoms with Crippen LogP contribution in [-0.4, -0.2) is 23.3 Å². The van der Waals surface area contributed by atoms with Crippen LogP contribution in [-0.2, 0) is 16.0 Å². The Kier molecular flexibility index (Phi) is 4.62. The van der Waals surface area contributed by atoms with E-state index in [9.17, 15) is 9.59 Å². The molecule has 2 aromatic carbocycles. The highest BCUT2D eigenvalue weighted by molar-refractivity contribution is 6.31. The first-order chi connectivity index (χ1) is 13.1. The maximum Gasteiger partial charge on any atom is 0.240 e. The first-order valence-corrected chi connectivity index (χ1v) is 9.37. The van der Waals surface area contributed by atoms with Gasteiger partial charge in [-0.1, -0.05) is 35.9 Å². The summed E-state index contributed by atoms with van der Waals surface area (Å²) in [5.41, 5.74) is 1.88. The molecule has 27 heavy (non-hydrogen) atoms. The number of nitrogens with one attached hydrogen (secondary N) is 3. The predicted octanol–water partition coefficient (Wildman–Crippen LogP) is 3.90. The number of hydrogen-bond donors (Lipinski definition) is 3. The van der Waals surface area contributed by atoms with Crippen LogP contribution in [0.4, 0.5) is 5.69 Å². The molecule has 138 valence electrons. The summed E-state index contributed by atoms with van der Waals surface area (Å²) in [6.07, 6.45) is 3.81. The predicted molar refractivity (Wildman–Crippen MR) is 107 cm³/mol. The van der Waals surface area contributed by atoms with Crippen LogP contribution in [0.1, 0.15) is 18.4 Å². The third-order valence-electron chi connectivity index (χ3n) is 5.06. The van der Waals surface area contributed by atoms with Gasteiger partial charge in [0.05, 0.1) is 0 Å². The van der Waals surface area contributed by atoms with Crippen LogP contribution >= 0.6 is 11.6 Å². The molecule has 0 atom stereocenters. The molecule has 0 aliphatic heterocycles. The summed E-state index contributed by atoms with van der Waals surface area (Å²) in [5.74, 6) is -0.476. The fourth-order valence-corrected chi connectivity index (χ4v) is 3.51. The van der Waals surface area contributed by atoms with E-state index in [0.717, 1.165) is 16.5 Å². The highest BCUT2D eigenvalue weighted by Gasteiger charge is 2.56. The lowest BCUT2D eigenvalue weighted by molar-refractivity contribution is -0.134. The molecule has 3 aromatic rings. The molecule has 2 amide bonds. The lowest BCUT2D eigenvalue weighted by atomic mass is 10.0. The minimum atomic E-state index is -0.956. The second-order valence-electron chi connectivity index (χ2n) is 6.91. The van der Waals surface area contributed by atoms with Crippen LogP contribution in [0.5, 0.6) is 0 Å². The molecular formula is C21H20ClN3O2. The third kappa shape index (κ3) is 3.55. The Morgan fingerprint density at radius 1 is 1.07 bits per heavy atom. The van der Waals surface area contributed by atoms with Gasteiger partial charge in [0, 0.05) is 34.4 Å². The smallest absolute Gasteiger partial charge is 0.240 e. The van der Waals surface area contributed by atoms with Gasteiger partial charge in [-0.2, -0.15) is 0 Å². The van der Waals surface area contributed by atoms with Crippen molar-refractivity contribution >= 4 is 40.0 Å². The van der Waals surface area contributed by atoms with Crippen molar-refractivity contribution in [3.63, 3.8) is 0 Å². The number of aromatic nitrogens is 1. The number of fused-ring (bicyclic) bond motifs is 1. The van der Waals surface area contributed by atoms with Gasteiger partial charge in [0.1, 0.15) is 5.41 Å². The van der Waals surface area contributed by atoms with Crippen molar-refractivity contribution in [3.8, 4) is 0 Å². The molecule has 1 saturated carbocycles. The molecule has 3 N–H and O–H groups in total. The second kappa shape index (κ2) is 7.08. The van der Waals surface area contributed by atoms with Crippen molar-refractivity contribution in [2.75, 3.05) is 11.9 Å². The van der Waals surface area contributed by atoms with E-state index in [0.29, 0.717) is 36.5 Å². The maximum atomic E-state index is 12.6. The lowest BCUT2D eigenvalue weighted by Crippen LogP contribution is -2.40. The standard InChI is InChI=1S/C21H20ClN3O2/c22-15-4-3-5-16(12-15)25-20(27)21(9-10-21)19(26)23-11-8-14-13-24-18-7-2-1-6-17(14)18/h1-7,12-13,24H,8-11H2,(H,23,26)(H,25,27). The van der Waals surface area contributed by atoms with Crippen molar-refractivity contribution in [2.24, 2.45) is 5.41 Å². The van der Waals surface area contributed by atoms with Crippen LogP contribution in [0.15, 0.2) is 54.7 Å². The Bertz CT molecular complexity index is 1010. The fourth-order valence-electron chi connectivity index (χ4n) is 3.32. The van der Waals surface area contributed by atoms with Gasteiger partial charge in [-0.15, -0.1) is 0 Å². The first-order valence-electron chi connectivity index (χ1n) is 8.99. The number of anilines is 1. The average Bonchev–Trinajstić information content (AvgIpc) is 3.38. The number of halogens is 1. The van der Waals surface area contributed by atoms with E-state index in [1.165, 1.54) is 0 Å². The largest absolute Gasteiger partial charge is 0.361 e. The van der Waals surface area contributed by atoms with Gasteiger partial charge < -0.3 is 15.6 Å². The summed E-state index contributed by atoms with van der Waals surface area (Å²) < 4.78 is 0. The van der Waals surface area contributed by atoms with Gasteiger partial charge in [-0.25, -0.2) is 0 Å². The van der Waals surface area contributed by atoms with Crippen LogP contribution < -0.4 is 10.6 Å². The number of H-pyrrole nitrogens is 1. The number of carbonyl (C=O) groups is 2. The summed E-state index contributed by atoms with van der Waals surface area (Å²) in [7, 11) is 0. The van der Waals surface area contributed by atoms with Crippen LogP contribution in [0.25, 0.3) is 10.9 Å². The van der Waals surface area contributed by atoms with Crippen molar-refractivity contribution in [3.05, 3.63) is 65.3 Å². The molecule has 1 heterocycles. The van der Waals surface area contributed by atoms with E-state index in [4.69, 9.17) is 11.6 Å². The number of amides is 2. The third-order valence-corrected chi connectivity index (χ3v) is 5.29. The minimum Gasteiger partial charge on any atom is -0.361 e. The van der Waals surface area contributed by atoms with E-state index in [1.54, 1.807) is 24.3 Å². The zero-order chi connectivity index (χ0) is 18.9. The van der Waals surface area contributed by atoms with E-state index in [1.807, 2.05) is 24.4 Å². The van der Waals surface area contributed by atoms with Crippen molar-refractivity contribution < 1.29 is 9.59 Å². The Hall–Kier alpha value is -2.79. The number of para-hydroxylation sites is 1. The monoisotopic (exact) mass is 381 g/mol. The summed E-state index contributed by atoms with van der Waals surface area (Å²) in [4.78, 5) is 28.4. The van der Waals surface area contributed by atoms with E-state index < -0.39 is 5.41 Å². The molecule has 0 saturated heterocycles. The molecular weight excluding hydrogens is 362 g/mol. The zero-order valence-electron chi connectivity index (χ0n) is 14.7. The van der Waals surface area contributed by atoms with Gasteiger partial charge >= 0.3 is 0 Å². The average molecular weight is 382 g/mol. The van der Waals surface area contributed by atoms with E-state index in [2.05, 4.69) is 21.7 Å². The summed E-state index contributed by atoms with van der Waals surface area (Å²) >= 11 is 5.95. The van der Waals surface area contributed by atoms with Crippen molar-refractivity contribution in [1.29, 1.82) is 0 Å². The van der Waals surface area contributed by atoms with Gasteiger partial charge in [0.15, 0.2) is 0 Å². The molecule has 1 fully saturated rings. The SMILES string of the molecule is O=C(NCCc1c[nH]c2ccccc12)C1(C(=O)Nc2cccc(Cl)c2)CC1. The summed E-state index contributed by atoms with van der Waals surface area (Å²) in [5, 5.41) is 7.43. The summed E-state index contributed by atoms with van der Waals surface area (Å²) in [6, 6.07) is 15.0. The Labute approximate surface area is 162 Å². The molecule has 5 nitrogen and oxygen atoms in total. The van der Waals surface area contributed by atoms with Crippen LogP contribution in [0.2, 0.25) is 5.02 Å². The zero-order valence-corrected chi connectivity index (χ0v) is 15.5. The fraction of sp³-hybridized carbons (Fsp3) is 0.238. The van der Waals surface area contributed by atoms with Crippen LogP contribution in [0, 0.1) is 5.41 Å². The minimum absolute atomic E-state index is 0.207.